The Bertz CT molecular complexity index is 113. The van der Waals surface area contributed by atoms with E-state index < -0.39 is 0 Å². The second-order valence-corrected chi connectivity index (χ2v) is 3.30. The predicted octanol–water partition coefficient (Wildman–Crippen LogP) is -0.103. The molecule has 0 aliphatic carbocycles. The van der Waals surface area contributed by atoms with Crippen molar-refractivity contribution in [2.24, 2.45) is 17.6 Å². The second kappa shape index (κ2) is 1.96. The molecule has 2 aliphatic rings. The molecule has 2 fully saturated rings. The van der Waals surface area contributed by atoms with E-state index in [4.69, 9.17) is 5.73 Å². The molecular formula is C7H14N2. The van der Waals surface area contributed by atoms with Gasteiger partial charge in [-0.3, -0.25) is 0 Å². The standard InChI is InChI=1S/C7H14N2/c8-3-7-5-9-2-1-6(7)4-9/h6-7H,1-5,8H2/t6-,7-/m1/s1. The highest BCUT2D eigenvalue weighted by Gasteiger charge is 2.36. The minimum absolute atomic E-state index is 0.832. The van der Waals surface area contributed by atoms with E-state index in [2.05, 4.69) is 4.90 Å². The first-order valence-corrected chi connectivity index (χ1v) is 3.82. The summed E-state index contributed by atoms with van der Waals surface area (Å²) in [6.07, 6.45) is 1.40. The molecule has 3 atom stereocenters. The maximum atomic E-state index is 5.59. The van der Waals surface area contributed by atoms with Crippen LogP contribution in [0.5, 0.6) is 0 Å². The van der Waals surface area contributed by atoms with Crippen molar-refractivity contribution in [3.8, 4) is 0 Å². The van der Waals surface area contributed by atoms with Gasteiger partial charge in [0.2, 0.25) is 0 Å². The van der Waals surface area contributed by atoms with Crippen molar-refractivity contribution >= 4 is 0 Å². The summed E-state index contributed by atoms with van der Waals surface area (Å²) in [7, 11) is 0. The molecule has 2 aliphatic heterocycles. The summed E-state index contributed by atoms with van der Waals surface area (Å²) in [6, 6.07) is 0. The summed E-state index contributed by atoms with van der Waals surface area (Å²) < 4.78 is 0. The third-order valence-electron chi connectivity index (χ3n) is 2.77. The molecule has 0 aromatic carbocycles. The largest absolute Gasteiger partial charge is 0.330 e. The van der Waals surface area contributed by atoms with E-state index >= 15 is 0 Å². The monoisotopic (exact) mass is 126 g/mol. The molecule has 9 heavy (non-hydrogen) atoms. The lowest BCUT2D eigenvalue weighted by Crippen LogP contribution is -2.28. The number of hydrogen-bond donors (Lipinski definition) is 1. The molecule has 2 saturated heterocycles. The Kier molecular flexibility index (Phi) is 1.24. The number of fused-ring (bicyclic) bond motifs is 2. The molecule has 2 heteroatoms. The van der Waals surface area contributed by atoms with Crippen LogP contribution in [0.4, 0.5) is 0 Å². The summed E-state index contributed by atoms with van der Waals surface area (Å²) in [6.45, 7) is 4.85. The molecule has 2 nitrogen and oxygen atoms in total. The van der Waals surface area contributed by atoms with Crippen molar-refractivity contribution in [2.45, 2.75) is 6.42 Å². The zero-order chi connectivity index (χ0) is 6.27. The summed E-state index contributed by atoms with van der Waals surface area (Å²) in [4.78, 5) is 2.53. The predicted molar refractivity (Wildman–Crippen MR) is 37.1 cm³/mol. The highest BCUT2D eigenvalue weighted by molar-refractivity contribution is 4.90. The highest BCUT2D eigenvalue weighted by atomic mass is 15.2. The number of hydrogen-bond acceptors (Lipinski definition) is 2. The molecule has 0 aromatic heterocycles. The Balaban J connectivity index is 2.01. The van der Waals surface area contributed by atoms with E-state index in [1.165, 1.54) is 26.1 Å². The van der Waals surface area contributed by atoms with E-state index in [1.54, 1.807) is 0 Å². The Morgan fingerprint density at radius 1 is 1.44 bits per heavy atom. The summed E-state index contributed by atoms with van der Waals surface area (Å²) in [5.41, 5.74) is 5.59. The third-order valence-corrected chi connectivity index (χ3v) is 2.77. The fourth-order valence-electron chi connectivity index (χ4n) is 2.16. The Morgan fingerprint density at radius 3 is 2.67 bits per heavy atom. The van der Waals surface area contributed by atoms with E-state index in [0.29, 0.717) is 0 Å². The molecule has 0 saturated carbocycles. The van der Waals surface area contributed by atoms with Gasteiger partial charge >= 0.3 is 0 Å². The van der Waals surface area contributed by atoms with Crippen LogP contribution in [0.2, 0.25) is 0 Å². The Labute approximate surface area is 56.0 Å². The van der Waals surface area contributed by atoms with E-state index in [9.17, 15) is 0 Å². The van der Waals surface area contributed by atoms with Gasteiger partial charge in [-0.1, -0.05) is 0 Å². The van der Waals surface area contributed by atoms with Crippen molar-refractivity contribution in [3.05, 3.63) is 0 Å². The summed E-state index contributed by atoms with van der Waals surface area (Å²) in [5.74, 6) is 1.79. The molecule has 1 unspecified atom stereocenters. The van der Waals surface area contributed by atoms with E-state index in [1.807, 2.05) is 0 Å². The van der Waals surface area contributed by atoms with Crippen molar-refractivity contribution < 1.29 is 0 Å². The Hall–Kier alpha value is -0.0800. The lowest BCUT2D eigenvalue weighted by atomic mass is 9.93. The van der Waals surface area contributed by atoms with Crippen LogP contribution in [0, 0.1) is 11.8 Å². The Morgan fingerprint density at radius 2 is 2.33 bits per heavy atom. The maximum absolute atomic E-state index is 5.59. The van der Waals surface area contributed by atoms with Crippen molar-refractivity contribution in [1.82, 2.24) is 4.90 Å². The van der Waals surface area contributed by atoms with Crippen LogP contribution in [0.15, 0.2) is 0 Å². The third kappa shape index (κ3) is 0.775. The quantitative estimate of drug-likeness (QED) is 0.531. The second-order valence-electron chi connectivity index (χ2n) is 3.30. The van der Waals surface area contributed by atoms with Gasteiger partial charge in [0.05, 0.1) is 0 Å². The van der Waals surface area contributed by atoms with Crippen LogP contribution >= 0.6 is 0 Å². The van der Waals surface area contributed by atoms with Crippen LogP contribution in [-0.4, -0.2) is 31.1 Å². The van der Waals surface area contributed by atoms with Gasteiger partial charge in [0.1, 0.15) is 0 Å². The average molecular weight is 126 g/mol. The highest BCUT2D eigenvalue weighted by Crippen LogP contribution is 2.31. The first kappa shape index (κ1) is 5.69. The first-order chi connectivity index (χ1) is 4.40. The molecule has 2 N–H and O–H groups in total. The fourth-order valence-corrected chi connectivity index (χ4v) is 2.16. The van der Waals surface area contributed by atoms with E-state index in [0.717, 1.165) is 18.4 Å². The van der Waals surface area contributed by atoms with Crippen LogP contribution in [0.3, 0.4) is 0 Å². The van der Waals surface area contributed by atoms with Crippen LogP contribution in [0.25, 0.3) is 0 Å². The minimum Gasteiger partial charge on any atom is -0.330 e. The molecule has 2 heterocycles. The topological polar surface area (TPSA) is 29.3 Å². The SMILES string of the molecule is NC[C@@H]1CN2CC[C@@H]1C2. The van der Waals surface area contributed by atoms with Gasteiger partial charge in [-0.2, -0.15) is 0 Å². The van der Waals surface area contributed by atoms with Crippen molar-refractivity contribution in [2.75, 3.05) is 26.2 Å². The number of rotatable bonds is 1. The normalized spacial score (nSPS) is 48.3. The molecular weight excluding hydrogens is 112 g/mol. The molecule has 0 radical (unpaired) electrons. The number of nitrogens with zero attached hydrogens (tertiary/aromatic N) is 1. The van der Waals surface area contributed by atoms with Gasteiger partial charge < -0.3 is 10.6 Å². The van der Waals surface area contributed by atoms with Gasteiger partial charge in [-0.15, -0.1) is 0 Å². The maximum Gasteiger partial charge on any atom is 0.00250 e. The molecule has 0 spiro atoms. The van der Waals surface area contributed by atoms with Gasteiger partial charge in [0.15, 0.2) is 0 Å². The summed E-state index contributed by atoms with van der Waals surface area (Å²) >= 11 is 0. The average Bonchev–Trinajstić information content (AvgIpc) is 2.45. The van der Waals surface area contributed by atoms with Crippen LogP contribution in [0.1, 0.15) is 6.42 Å². The first-order valence-electron chi connectivity index (χ1n) is 3.82. The molecule has 0 aromatic rings. The van der Waals surface area contributed by atoms with Crippen LogP contribution in [-0.2, 0) is 0 Å². The molecule has 2 rings (SSSR count). The van der Waals surface area contributed by atoms with Crippen molar-refractivity contribution in [1.29, 1.82) is 0 Å². The van der Waals surface area contributed by atoms with Gasteiger partial charge in [0, 0.05) is 13.1 Å². The summed E-state index contributed by atoms with van der Waals surface area (Å²) in [5, 5.41) is 0. The lowest BCUT2D eigenvalue weighted by Gasteiger charge is -2.19. The zero-order valence-electron chi connectivity index (χ0n) is 5.71. The molecule has 2 bridgehead atoms. The van der Waals surface area contributed by atoms with Gasteiger partial charge in [-0.05, 0) is 31.3 Å². The zero-order valence-corrected chi connectivity index (χ0v) is 5.71. The van der Waals surface area contributed by atoms with Gasteiger partial charge in [-0.25, -0.2) is 0 Å². The molecule has 52 valence electrons. The smallest absolute Gasteiger partial charge is 0.00250 e. The van der Waals surface area contributed by atoms with Crippen molar-refractivity contribution in [3.63, 3.8) is 0 Å². The van der Waals surface area contributed by atoms with Crippen LogP contribution < -0.4 is 5.73 Å². The van der Waals surface area contributed by atoms with E-state index in [-0.39, 0.29) is 0 Å². The lowest BCUT2D eigenvalue weighted by molar-refractivity contribution is 0.306. The molecule has 0 amide bonds. The fraction of sp³-hybridized carbons (Fsp3) is 1.00. The minimum atomic E-state index is 0.832. The van der Waals surface area contributed by atoms with Gasteiger partial charge in [0.25, 0.3) is 0 Å². The number of nitrogens with two attached hydrogens (primary N) is 1. The number of piperidine rings is 1.